The van der Waals surface area contributed by atoms with Gasteiger partial charge in [-0.05, 0) is 23.5 Å². The number of hydrogen-bond donors (Lipinski definition) is 2. The summed E-state index contributed by atoms with van der Waals surface area (Å²) >= 11 is 0. The number of carbonyl (C=O) groups is 1. The van der Waals surface area contributed by atoms with Crippen LogP contribution in [-0.2, 0) is 12.0 Å². The quantitative estimate of drug-likeness (QED) is 0.891. The molecule has 0 bridgehead atoms. The number of carbonyl (C=O) groups excluding carboxylic acids is 1. The highest BCUT2D eigenvalue weighted by atomic mass is 16.3. The number of benzene rings is 1. The van der Waals surface area contributed by atoms with Gasteiger partial charge >= 0.3 is 0 Å². The molecule has 23 heavy (non-hydrogen) atoms. The van der Waals surface area contributed by atoms with E-state index in [0.29, 0.717) is 5.56 Å². The highest BCUT2D eigenvalue weighted by Crippen LogP contribution is 2.23. The van der Waals surface area contributed by atoms with Gasteiger partial charge in [0.25, 0.3) is 5.91 Å². The van der Waals surface area contributed by atoms with E-state index >= 15 is 0 Å². The van der Waals surface area contributed by atoms with Crippen LogP contribution in [0.25, 0.3) is 0 Å². The fraction of sp³-hybridized carbons (Fsp3) is 0.444. The first kappa shape index (κ1) is 17.2. The zero-order chi connectivity index (χ0) is 17.0. The minimum atomic E-state index is -0.728. The van der Waals surface area contributed by atoms with Crippen LogP contribution in [0.15, 0.2) is 36.7 Å². The summed E-state index contributed by atoms with van der Waals surface area (Å²) in [6.07, 6.45) is 2.50. The molecule has 0 aliphatic rings. The van der Waals surface area contributed by atoms with Gasteiger partial charge in [-0.2, -0.15) is 5.10 Å². The van der Waals surface area contributed by atoms with E-state index in [1.54, 1.807) is 10.9 Å². The molecule has 0 saturated carbocycles. The van der Waals surface area contributed by atoms with Crippen molar-refractivity contribution in [1.82, 2.24) is 15.1 Å². The molecule has 5 nitrogen and oxygen atoms in total. The van der Waals surface area contributed by atoms with E-state index in [-0.39, 0.29) is 17.9 Å². The minimum Gasteiger partial charge on any atom is -0.387 e. The van der Waals surface area contributed by atoms with Crippen molar-refractivity contribution >= 4 is 5.91 Å². The molecule has 0 aliphatic carbocycles. The van der Waals surface area contributed by atoms with Crippen molar-refractivity contribution in [2.75, 3.05) is 6.54 Å². The van der Waals surface area contributed by atoms with E-state index in [0.717, 1.165) is 12.1 Å². The number of hydrogen-bond acceptors (Lipinski definition) is 3. The Hall–Kier alpha value is -2.14. The maximum Gasteiger partial charge on any atom is 0.254 e. The first-order chi connectivity index (χ1) is 10.8. The molecule has 2 rings (SSSR count). The Labute approximate surface area is 137 Å². The van der Waals surface area contributed by atoms with Gasteiger partial charge in [0.15, 0.2) is 0 Å². The zero-order valence-corrected chi connectivity index (χ0v) is 14.2. The van der Waals surface area contributed by atoms with Crippen molar-refractivity contribution in [3.8, 4) is 0 Å². The first-order valence-electron chi connectivity index (χ1n) is 7.90. The van der Waals surface area contributed by atoms with Crippen molar-refractivity contribution in [3.63, 3.8) is 0 Å². The number of rotatable bonds is 5. The molecular formula is C18H25N3O2. The number of amides is 1. The fourth-order valence-corrected chi connectivity index (χ4v) is 2.27. The maximum atomic E-state index is 12.0. The summed E-state index contributed by atoms with van der Waals surface area (Å²) in [4.78, 5) is 12.0. The molecule has 124 valence electrons. The van der Waals surface area contributed by atoms with Gasteiger partial charge in [-0.15, -0.1) is 0 Å². The normalized spacial score (nSPS) is 12.9. The first-order valence-corrected chi connectivity index (χ1v) is 7.90. The lowest BCUT2D eigenvalue weighted by Gasteiger charge is -2.20. The smallest absolute Gasteiger partial charge is 0.254 e. The predicted molar refractivity (Wildman–Crippen MR) is 90.3 cm³/mol. The molecule has 0 saturated heterocycles. The van der Waals surface area contributed by atoms with E-state index in [9.17, 15) is 9.90 Å². The predicted octanol–water partition coefficient (Wildman–Crippen LogP) is 2.66. The van der Waals surface area contributed by atoms with Crippen molar-refractivity contribution in [2.24, 2.45) is 0 Å². The second-order valence-electron chi connectivity index (χ2n) is 6.68. The number of aliphatic hydroxyl groups is 1. The van der Waals surface area contributed by atoms with Gasteiger partial charge in [-0.1, -0.05) is 45.0 Å². The van der Waals surface area contributed by atoms with Crippen molar-refractivity contribution in [3.05, 3.63) is 53.3 Å². The summed E-state index contributed by atoms with van der Waals surface area (Å²) in [6, 6.07) is 7.86. The number of aryl methyl sites for hydroxylation is 1. The Morgan fingerprint density at radius 3 is 2.48 bits per heavy atom. The van der Waals surface area contributed by atoms with E-state index < -0.39 is 6.10 Å². The fourth-order valence-electron chi connectivity index (χ4n) is 2.27. The van der Waals surface area contributed by atoms with Gasteiger partial charge in [0.05, 0.1) is 17.9 Å². The molecular weight excluding hydrogens is 290 g/mol. The monoisotopic (exact) mass is 315 g/mol. The van der Waals surface area contributed by atoms with Crippen LogP contribution in [0.2, 0.25) is 0 Å². The third-order valence-electron chi connectivity index (χ3n) is 3.84. The Morgan fingerprint density at radius 2 is 1.96 bits per heavy atom. The third-order valence-corrected chi connectivity index (χ3v) is 3.84. The molecule has 1 amide bonds. The number of aromatic nitrogens is 2. The Morgan fingerprint density at radius 1 is 1.30 bits per heavy atom. The molecule has 1 unspecified atom stereocenters. The van der Waals surface area contributed by atoms with Crippen molar-refractivity contribution in [2.45, 2.75) is 45.8 Å². The molecule has 0 spiro atoms. The number of nitrogens with one attached hydrogen (secondary N) is 1. The van der Waals surface area contributed by atoms with E-state index in [1.165, 1.54) is 11.8 Å². The van der Waals surface area contributed by atoms with E-state index in [2.05, 4.69) is 31.2 Å². The summed E-state index contributed by atoms with van der Waals surface area (Å²) in [5.41, 5.74) is 2.59. The SMILES string of the molecule is CCn1cc(C(=O)NCC(O)c2ccc(C(C)(C)C)cc2)cn1. The molecule has 0 fully saturated rings. The van der Waals surface area contributed by atoms with Crippen LogP contribution < -0.4 is 5.32 Å². The lowest BCUT2D eigenvalue weighted by atomic mass is 9.86. The lowest BCUT2D eigenvalue weighted by Crippen LogP contribution is -2.28. The minimum absolute atomic E-state index is 0.0805. The van der Waals surface area contributed by atoms with Crippen molar-refractivity contribution in [1.29, 1.82) is 0 Å². The molecule has 0 radical (unpaired) electrons. The Kier molecular flexibility index (Phi) is 5.21. The summed E-state index contributed by atoms with van der Waals surface area (Å²) < 4.78 is 1.69. The third kappa shape index (κ3) is 4.42. The van der Waals surface area contributed by atoms with Gasteiger partial charge in [0, 0.05) is 19.3 Å². The molecule has 1 atom stereocenters. The van der Waals surface area contributed by atoms with Gasteiger partial charge in [0.2, 0.25) is 0 Å². The molecule has 1 aromatic heterocycles. The average molecular weight is 315 g/mol. The molecule has 0 aliphatic heterocycles. The van der Waals surface area contributed by atoms with Crippen LogP contribution in [0, 0.1) is 0 Å². The van der Waals surface area contributed by atoms with Crippen molar-refractivity contribution < 1.29 is 9.90 Å². The maximum absolute atomic E-state index is 12.0. The standard InChI is InChI=1S/C18H25N3O2/c1-5-21-12-14(10-20-21)17(23)19-11-16(22)13-6-8-15(9-7-13)18(2,3)4/h6-10,12,16,22H,5,11H2,1-4H3,(H,19,23). The van der Waals surface area contributed by atoms with E-state index in [4.69, 9.17) is 0 Å². The van der Waals surface area contributed by atoms with Crippen LogP contribution in [-0.4, -0.2) is 27.3 Å². The molecule has 2 aromatic rings. The lowest BCUT2D eigenvalue weighted by molar-refractivity contribution is 0.0916. The van der Waals surface area contributed by atoms with Crippen LogP contribution in [0.1, 0.15) is 55.3 Å². The highest BCUT2D eigenvalue weighted by molar-refractivity contribution is 5.93. The summed E-state index contributed by atoms with van der Waals surface area (Å²) in [7, 11) is 0. The molecule has 1 aromatic carbocycles. The zero-order valence-electron chi connectivity index (χ0n) is 14.2. The highest BCUT2D eigenvalue weighted by Gasteiger charge is 2.15. The second-order valence-corrected chi connectivity index (χ2v) is 6.68. The number of nitrogens with zero attached hydrogens (tertiary/aromatic N) is 2. The molecule has 1 heterocycles. The van der Waals surface area contributed by atoms with E-state index in [1.807, 2.05) is 31.2 Å². The average Bonchev–Trinajstić information content (AvgIpc) is 3.00. The van der Waals surface area contributed by atoms with Gasteiger partial charge in [0.1, 0.15) is 0 Å². The summed E-state index contributed by atoms with van der Waals surface area (Å²) in [6.45, 7) is 9.29. The summed E-state index contributed by atoms with van der Waals surface area (Å²) in [5, 5.41) is 17.0. The Bertz CT molecular complexity index is 654. The van der Waals surface area contributed by atoms with Crippen LogP contribution in [0.5, 0.6) is 0 Å². The van der Waals surface area contributed by atoms with Crippen LogP contribution in [0.4, 0.5) is 0 Å². The number of aliphatic hydroxyl groups excluding tert-OH is 1. The van der Waals surface area contributed by atoms with Crippen LogP contribution in [0.3, 0.4) is 0 Å². The van der Waals surface area contributed by atoms with Gasteiger partial charge in [-0.3, -0.25) is 9.48 Å². The van der Waals surface area contributed by atoms with Gasteiger partial charge < -0.3 is 10.4 Å². The largest absolute Gasteiger partial charge is 0.387 e. The second kappa shape index (κ2) is 6.96. The summed E-state index contributed by atoms with van der Waals surface area (Å²) in [5.74, 6) is -0.227. The topological polar surface area (TPSA) is 67.2 Å². The molecule has 2 N–H and O–H groups in total. The van der Waals surface area contributed by atoms with Crippen LogP contribution >= 0.6 is 0 Å². The van der Waals surface area contributed by atoms with Gasteiger partial charge in [-0.25, -0.2) is 0 Å². The molecule has 5 heteroatoms. The Balaban J connectivity index is 1.94.